The van der Waals surface area contributed by atoms with E-state index >= 15 is 0 Å². The topological polar surface area (TPSA) is 49.3 Å². The molecule has 1 aromatic heterocycles. The van der Waals surface area contributed by atoms with E-state index in [9.17, 15) is 9.90 Å². The molecule has 20 heavy (non-hydrogen) atoms. The standard InChI is InChI=1S/C16H19NO2S/c1-10-9-14(12(3)20-10)11(2)17-15(16(18)19)13-7-5-4-6-8-13/h4-9,11,15,17H,1-3H3,(H,18,19). The molecule has 0 spiro atoms. The molecule has 0 aliphatic carbocycles. The van der Waals surface area contributed by atoms with Crippen LogP contribution in [0.5, 0.6) is 0 Å². The largest absolute Gasteiger partial charge is 0.480 e. The van der Waals surface area contributed by atoms with Crippen LogP contribution < -0.4 is 5.32 Å². The molecule has 2 aromatic rings. The van der Waals surface area contributed by atoms with Crippen LogP contribution in [-0.4, -0.2) is 11.1 Å². The predicted molar refractivity (Wildman–Crippen MR) is 82.2 cm³/mol. The lowest BCUT2D eigenvalue weighted by Crippen LogP contribution is -2.30. The number of carboxylic acid groups (broad SMARTS) is 1. The zero-order chi connectivity index (χ0) is 14.7. The monoisotopic (exact) mass is 289 g/mol. The molecule has 1 aromatic carbocycles. The van der Waals surface area contributed by atoms with E-state index < -0.39 is 12.0 Å². The van der Waals surface area contributed by atoms with Crippen LogP contribution in [0, 0.1) is 13.8 Å². The summed E-state index contributed by atoms with van der Waals surface area (Å²) in [6, 6.07) is 10.7. The maximum absolute atomic E-state index is 11.5. The molecule has 2 atom stereocenters. The molecular formula is C16H19NO2S. The van der Waals surface area contributed by atoms with E-state index in [0.29, 0.717) is 0 Å². The summed E-state index contributed by atoms with van der Waals surface area (Å²) in [6.45, 7) is 6.15. The molecule has 3 nitrogen and oxygen atoms in total. The molecule has 0 aliphatic rings. The van der Waals surface area contributed by atoms with Gasteiger partial charge in [-0.05, 0) is 38.0 Å². The van der Waals surface area contributed by atoms with E-state index in [0.717, 1.165) is 5.56 Å². The number of hydrogen-bond donors (Lipinski definition) is 2. The van der Waals surface area contributed by atoms with Gasteiger partial charge in [-0.25, -0.2) is 0 Å². The molecule has 4 heteroatoms. The highest BCUT2D eigenvalue weighted by molar-refractivity contribution is 7.12. The van der Waals surface area contributed by atoms with Crippen molar-refractivity contribution in [3.63, 3.8) is 0 Å². The van der Waals surface area contributed by atoms with Gasteiger partial charge in [-0.3, -0.25) is 10.1 Å². The first-order valence-electron chi connectivity index (χ1n) is 6.59. The fourth-order valence-electron chi connectivity index (χ4n) is 2.38. The highest BCUT2D eigenvalue weighted by atomic mass is 32.1. The van der Waals surface area contributed by atoms with Gasteiger partial charge in [0.1, 0.15) is 6.04 Å². The summed E-state index contributed by atoms with van der Waals surface area (Å²) in [5.74, 6) is -0.854. The van der Waals surface area contributed by atoms with Gasteiger partial charge in [0.05, 0.1) is 0 Å². The van der Waals surface area contributed by atoms with Crippen molar-refractivity contribution in [1.29, 1.82) is 0 Å². The third kappa shape index (κ3) is 3.26. The van der Waals surface area contributed by atoms with Crippen molar-refractivity contribution < 1.29 is 9.90 Å². The summed E-state index contributed by atoms with van der Waals surface area (Å²) in [7, 11) is 0. The molecule has 0 saturated heterocycles. The van der Waals surface area contributed by atoms with Gasteiger partial charge >= 0.3 is 5.97 Å². The van der Waals surface area contributed by atoms with Crippen LogP contribution in [0.25, 0.3) is 0 Å². The van der Waals surface area contributed by atoms with Crippen LogP contribution in [0.2, 0.25) is 0 Å². The van der Waals surface area contributed by atoms with Gasteiger partial charge in [0.25, 0.3) is 0 Å². The molecule has 106 valence electrons. The maximum atomic E-state index is 11.5. The minimum atomic E-state index is -0.854. The predicted octanol–water partition coefficient (Wildman–Crippen LogP) is 3.84. The van der Waals surface area contributed by atoms with Crippen molar-refractivity contribution in [2.24, 2.45) is 0 Å². The first-order chi connectivity index (χ1) is 9.49. The lowest BCUT2D eigenvalue weighted by Gasteiger charge is -2.20. The van der Waals surface area contributed by atoms with Gasteiger partial charge < -0.3 is 5.11 Å². The number of hydrogen-bond acceptors (Lipinski definition) is 3. The van der Waals surface area contributed by atoms with Gasteiger partial charge in [0.15, 0.2) is 0 Å². The summed E-state index contributed by atoms with van der Waals surface area (Å²) in [5.41, 5.74) is 1.95. The number of nitrogens with one attached hydrogen (secondary N) is 1. The Morgan fingerprint density at radius 3 is 2.40 bits per heavy atom. The molecule has 0 fully saturated rings. The molecule has 0 saturated carbocycles. The smallest absolute Gasteiger partial charge is 0.325 e. The molecule has 0 aliphatic heterocycles. The Morgan fingerprint density at radius 1 is 1.25 bits per heavy atom. The van der Waals surface area contributed by atoms with Crippen LogP contribution in [-0.2, 0) is 4.79 Å². The number of aryl methyl sites for hydroxylation is 2. The number of benzene rings is 1. The van der Waals surface area contributed by atoms with Gasteiger partial charge in [0, 0.05) is 15.8 Å². The van der Waals surface area contributed by atoms with E-state index in [-0.39, 0.29) is 6.04 Å². The van der Waals surface area contributed by atoms with Crippen molar-refractivity contribution in [1.82, 2.24) is 5.32 Å². The third-order valence-corrected chi connectivity index (χ3v) is 4.32. The van der Waals surface area contributed by atoms with Crippen molar-refractivity contribution in [2.75, 3.05) is 0 Å². The Morgan fingerprint density at radius 2 is 1.90 bits per heavy atom. The summed E-state index contributed by atoms with van der Waals surface area (Å²) < 4.78 is 0. The Labute approximate surface area is 123 Å². The Balaban J connectivity index is 2.21. The zero-order valence-electron chi connectivity index (χ0n) is 11.9. The average Bonchev–Trinajstić information content (AvgIpc) is 2.75. The molecule has 2 rings (SSSR count). The highest BCUT2D eigenvalue weighted by Gasteiger charge is 2.23. The number of thiophene rings is 1. The molecule has 0 radical (unpaired) electrons. The summed E-state index contributed by atoms with van der Waals surface area (Å²) >= 11 is 1.74. The summed E-state index contributed by atoms with van der Waals surface area (Å²) in [6.07, 6.45) is 0. The third-order valence-electron chi connectivity index (χ3n) is 3.34. The van der Waals surface area contributed by atoms with Gasteiger partial charge in [-0.2, -0.15) is 0 Å². The Kier molecular flexibility index (Phi) is 4.57. The zero-order valence-corrected chi connectivity index (χ0v) is 12.7. The van der Waals surface area contributed by atoms with Crippen molar-refractivity contribution in [3.05, 3.63) is 57.3 Å². The SMILES string of the molecule is Cc1cc(C(C)NC(C(=O)O)c2ccccc2)c(C)s1. The average molecular weight is 289 g/mol. The van der Waals surface area contributed by atoms with E-state index in [1.165, 1.54) is 15.3 Å². The molecule has 1 heterocycles. The first kappa shape index (κ1) is 14.8. The highest BCUT2D eigenvalue weighted by Crippen LogP contribution is 2.28. The molecular weight excluding hydrogens is 270 g/mol. The summed E-state index contributed by atoms with van der Waals surface area (Å²) in [4.78, 5) is 14.0. The first-order valence-corrected chi connectivity index (χ1v) is 7.41. The molecule has 2 N–H and O–H groups in total. The van der Waals surface area contributed by atoms with Crippen LogP contribution >= 0.6 is 11.3 Å². The van der Waals surface area contributed by atoms with Gasteiger partial charge in [-0.1, -0.05) is 30.3 Å². The number of rotatable bonds is 5. The normalized spacial score (nSPS) is 13.9. The number of carboxylic acids is 1. The minimum Gasteiger partial charge on any atom is -0.480 e. The molecule has 0 amide bonds. The van der Waals surface area contributed by atoms with Crippen LogP contribution in [0.4, 0.5) is 0 Å². The fourth-order valence-corrected chi connectivity index (χ4v) is 3.40. The van der Waals surface area contributed by atoms with Crippen LogP contribution in [0.1, 0.15) is 39.9 Å². The second-order valence-electron chi connectivity index (χ2n) is 4.94. The van der Waals surface area contributed by atoms with E-state index in [4.69, 9.17) is 0 Å². The Hall–Kier alpha value is -1.65. The molecule has 2 unspecified atom stereocenters. The van der Waals surface area contributed by atoms with Gasteiger partial charge in [-0.15, -0.1) is 11.3 Å². The second kappa shape index (κ2) is 6.20. The van der Waals surface area contributed by atoms with Crippen molar-refractivity contribution >= 4 is 17.3 Å². The number of carbonyl (C=O) groups is 1. The Bertz CT molecular complexity index is 592. The molecule has 0 bridgehead atoms. The maximum Gasteiger partial charge on any atom is 0.325 e. The fraction of sp³-hybridized carbons (Fsp3) is 0.312. The van der Waals surface area contributed by atoms with Crippen molar-refractivity contribution in [2.45, 2.75) is 32.9 Å². The number of aliphatic carboxylic acids is 1. The van der Waals surface area contributed by atoms with Crippen LogP contribution in [0.3, 0.4) is 0 Å². The van der Waals surface area contributed by atoms with E-state index in [1.807, 2.05) is 37.3 Å². The van der Waals surface area contributed by atoms with E-state index in [1.54, 1.807) is 11.3 Å². The van der Waals surface area contributed by atoms with Crippen molar-refractivity contribution in [3.8, 4) is 0 Å². The lowest BCUT2D eigenvalue weighted by atomic mass is 10.0. The lowest BCUT2D eigenvalue weighted by molar-refractivity contribution is -0.139. The second-order valence-corrected chi connectivity index (χ2v) is 6.40. The van der Waals surface area contributed by atoms with Gasteiger partial charge in [0.2, 0.25) is 0 Å². The van der Waals surface area contributed by atoms with E-state index in [2.05, 4.69) is 25.2 Å². The van der Waals surface area contributed by atoms with Crippen LogP contribution in [0.15, 0.2) is 36.4 Å². The summed E-state index contributed by atoms with van der Waals surface area (Å²) in [5, 5.41) is 12.6. The minimum absolute atomic E-state index is 0.00116. The quantitative estimate of drug-likeness (QED) is 0.879.